The fourth-order valence-corrected chi connectivity index (χ4v) is 3.77. The molecule has 0 spiro atoms. The lowest BCUT2D eigenvalue weighted by Crippen LogP contribution is -2.35. The molecule has 0 fully saturated rings. The van der Waals surface area contributed by atoms with Gasteiger partial charge in [0.15, 0.2) is 5.60 Å². The Bertz CT molecular complexity index is 932. The molecule has 1 atom stereocenters. The molecule has 0 saturated heterocycles. The first-order valence-corrected chi connectivity index (χ1v) is 10.8. The Morgan fingerprint density at radius 1 is 1.13 bits per heavy atom. The third-order valence-corrected chi connectivity index (χ3v) is 5.06. The maximum Gasteiger partial charge on any atom is 0.344 e. The van der Waals surface area contributed by atoms with Gasteiger partial charge >= 0.3 is 11.9 Å². The zero-order valence-electron chi connectivity index (χ0n) is 18.1. The van der Waals surface area contributed by atoms with Gasteiger partial charge in [-0.3, -0.25) is 10.1 Å². The fourth-order valence-electron chi connectivity index (χ4n) is 3.05. The number of benzene rings is 1. The minimum Gasteiger partial charge on any atom is -0.462 e. The van der Waals surface area contributed by atoms with Crippen LogP contribution in [0.15, 0.2) is 40.4 Å². The number of carbonyl (C=O) groups is 2. The van der Waals surface area contributed by atoms with Gasteiger partial charge in [0, 0.05) is 17.7 Å². The van der Waals surface area contributed by atoms with Crippen LogP contribution in [0.5, 0.6) is 0 Å². The summed E-state index contributed by atoms with van der Waals surface area (Å²) in [5.41, 5.74) is -2.02. The number of nitro groups is 1. The molecule has 0 bridgehead atoms. The van der Waals surface area contributed by atoms with Crippen molar-refractivity contribution < 1.29 is 28.7 Å². The lowest BCUT2D eigenvalue weighted by molar-refractivity contribution is -0.384. The van der Waals surface area contributed by atoms with E-state index in [2.05, 4.69) is 20.9 Å². The summed E-state index contributed by atoms with van der Waals surface area (Å²) in [4.78, 5) is 41.0. The molecule has 1 aliphatic heterocycles. The van der Waals surface area contributed by atoms with Crippen LogP contribution in [-0.2, 0) is 29.4 Å². The molecule has 2 rings (SSSR count). The van der Waals surface area contributed by atoms with Crippen LogP contribution in [-0.4, -0.2) is 46.8 Å². The number of carbonyl (C=O) groups excluding carboxylic acids is 2. The second-order valence-electron chi connectivity index (χ2n) is 7.65. The van der Waals surface area contributed by atoms with Gasteiger partial charge in [0.1, 0.15) is 11.1 Å². The second-order valence-corrected chi connectivity index (χ2v) is 8.21. The van der Waals surface area contributed by atoms with Crippen LogP contribution < -0.4 is 0 Å². The lowest BCUT2D eigenvalue weighted by atomic mass is 9.86. The first kappa shape index (κ1) is 24.5. The van der Waals surface area contributed by atoms with Gasteiger partial charge in [0.05, 0.1) is 29.0 Å². The summed E-state index contributed by atoms with van der Waals surface area (Å²) in [7, 11) is 0. The number of nitrogens with zero attached hydrogens (tertiary/aromatic N) is 2. The van der Waals surface area contributed by atoms with Gasteiger partial charge < -0.3 is 14.2 Å². The van der Waals surface area contributed by atoms with Crippen LogP contribution >= 0.6 is 15.9 Å². The zero-order valence-corrected chi connectivity index (χ0v) is 19.6. The summed E-state index contributed by atoms with van der Waals surface area (Å²) in [5.74, 6) is -1.58. The van der Waals surface area contributed by atoms with Crippen molar-refractivity contribution in [2.75, 3.05) is 18.5 Å². The molecule has 0 aromatic heterocycles. The number of alkyl halides is 1. The molecule has 1 heterocycles. The Morgan fingerprint density at radius 3 is 2.13 bits per heavy atom. The van der Waals surface area contributed by atoms with E-state index in [-0.39, 0.29) is 41.3 Å². The molecule has 0 N–H and O–H groups in total. The van der Waals surface area contributed by atoms with Crippen molar-refractivity contribution in [1.82, 2.24) is 0 Å². The van der Waals surface area contributed by atoms with Crippen LogP contribution in [0, 0.1) is 10.1 Å². The van der Waals surface area contributed by atoms with Gasteiger partial charge in [0.2, 0.25) is 5.90 Å². The lowest BCUT2D eigenvalue weighted by Gasteiger charge is -2.29. The molecule has 10 heteroatoms. The Hall–Kier alpha value is -2.75. The second kappa shape index (κ2) is 9.59. The molecule has 0 radical (unpaired) electrons. The number of non-ortho nitro benzene ring substituents is 1. The SMILES string of the molecule is CCOC(=O)C1=C(C(=O)OCC)C(CBr)(c2ccc([N+](=O)[O-])cc2)OC1=NC(C)(C)C. The van der Waals surface area contributed by atoms with Gasteiger partial charge in [0.25, 0.3) is 5.69 Å². The number of ether oxygens (including phenoxy) is 3. The van der Waals surface area contributed by atoms with E-state index in [1.54, 1.807) is 13.8 Å². The van der Waals surface area contributed by atoms with E-state index in [0.717, 1.165) is 0 Å². The van der Waals surface area contributed by atoms with Gasteiger partial charge in [-0.2, -0.15) is 0 Å². The van der Waals surface area contributed by atoms with Gasteiger partial charge in [-0.25, -0.2) is 14.6 Å². The number of hydrogen-bond donors (Lipinski definition) is 0. The summed E-state index contributed by atoms with van der Waals surface area (Å²) in [6.45, 7) is 8.89. The minimum absolute atomic E-state index is 0.0493. The molecule has 9 nitrogen and oxygen atoms in total. The smallest absolute Gasteiger partial charge is 0.344 e. The average molecular weight is 497 g/mol. The highest BCUT2D eigenvalue weighted by atomic mass is 79.9. The van der Waals surface area contributed by atoms with Crippen molar-refractivity contribution in [1.29, 1.82) is 0 Å². The molecule has 31 heavy (non-hydrogen) atoms. The van der Waals surface area contributed by atoms with Crippen molar-refractivity contribution in [2.24, 2.45) is 4.99 Å². The Kier molecular flexibility index (Phi) is 7.58. The molecule has 1 aromatic carbocycles. The summed E-state index contributed by atoms with van der Waals surface area (Å²) in [6, 6.07) is 5.55. The van der Waals surface area contributed by atoms with Crippen molar-refractivity contribution in [3.63, 3.8) is 0 Å². The van der Waals surface area contributed by atoms with Crippen molar-refractivity contribution in [3.05, 3.63) is 51.1 Å². The number of aliphatic imine (C=N–C) groups is 1. The number of nitro benzene ring substituents is 1. The average Bonchev–Trinajstić information content (AvgIpc) is 3.02. The van der Waals surface area contributed by atoms with E-state index in [4.69, 9.17) is 14.2 Å². The topological polar surface area (TPSA) is 117 Å². The highest BCUT2D eigenvalue weighted by Crippen LogP contribution is 2.45. The van der Waals surface area contributed by atoms with Crippen molar-refractivity contribution >= 4 is 39.5 Å². The molecule has 1 aliphatic rings. The summed E-state index contributed by atoms with van der Waals surface area (Å²) in [5, 5.41) is 11.1. The summed E-state index contributed by atoms with van der Waals surface area (Å²) < 4.78 is 16.6. The largest absolute Gasteiger partial charge is 0.462 e. The quantitative estimate of drug-likeness (QED) is 0.243. The van der Waals surface area contributed by atoms with Crippen LogP contribution in [0.3, 0.4) is 0 Å². The predicted octanol–water partition coefficient (Wildman–Crippen LogP) is 3.84. The molecular weight excluding hydrogens is 472 g/mol. The van der Waals surface area contributed by atoms with Gasteiger partial charge in [-0.1, -0.05) is 15.9 Å². The fraction of sp³-hybridized carbons (Fsp3) is 0.476. The third kappa shape index (κ3) is 5.12. The van der Waals surface area contributed by atoms with Crippen LogP contribution in [0.25, 0.3) is 0 Å². The van der Waals surface area contributed by atoms with Crippen molar-refractivity contribution in [2.45, 2.75) is 45.8 Å². The van der Waals surface area contributed by atoms with E-state index in [1.165, 1.54) is 24.3 Å². The third-order valence-electron chi connectivity index (χ3n) is 4.27. The first-order chi connectivity index (χ1) is 14.5. The number of halogens is 1. The number of rotatable bonds is 7. The number of hydrogen-bond acceptors (Lipinski definition) is 8. The van der Waals surface area contributed by atoms with Gasteiger partial charge in [-0.05, 0) is 46.8 Å². The molecule has 1 aromatic rings. The van der Waals surface area contributed by atoms with E-state index >= 15 is 0 Å². The molecule has 168 valence electrons. The Labute approximate surface area is 188 Å². The first-order valence-electron chi connectivity index (χ1n) is 9.69. The normalized spacial score (nSPS) is 19.9. The van der Waals surface area contributed by atoms with Crippen LogP contribution in [0.4, 0.5) is 5.69 Å². The molecule has 0 amide bonds. The Balaban J connectivity index is 2.84. The van der Waals surface area contributed by atoms with E-state index < -0.39 is 28.0 Å². The molecule has 0 saturated carbocycles. The van der Waals surface area contributed by atoms with Gasteiger partial charge in [-0.15, -0.1) is 0 Å². The maximum absolute atomic E-state index is 13.0. The highest BCUT2D eigenvalue weighted by Gasteiger charge is 2.54. The summed E-state index contributed by atoms with van der Waals surface area (Å²) in [6.07, 6.45) is 0. The summed E-state index contributed by atoms with van der Waals surface area (Å²) >= 11 is 3.39. The van der Waals surface area contributed by atoms with Crippen LogP contribution in [0.2, 0.25) is 0 Å². The zero-order chi connectivity index (χ0) is 23.4. The Morgan fingerprint density at radius 2 is 1.68 bits per heavy atom. The van der Waals surface area contributed by atoms with E-state index in [1.807, 2.05) is 20.8 Å². The maximum atomic E-state index is 13.0. The van der Waals surface area contributed by atoms with E-state index in [0.29, 0.717) is 5.56 Å². The van der Waals surface area contributed by atoms with E-state index in [9.17, 15) is 19.7 Å². The highest BCUT2D eigenvalue weighted by molar-refractivity contribution is 9.09. The molecular formula is C21H25BrN2O7. The monoisotopic (exact) mass is 496 g/mol. The van der Waals surface area contributed by atoms with Crippen LogP contribution in [0.1, 0.15) is 40.2 Å². The number of esters is 2. The predicted molar refractivity (Wildman–Crippen MR) is 117 cm³/mol. The molecule has 0 aliphatic carbocycles. The minimum atomic E-state index is -1.49. The molecule has 1 unspecified atom stereocenters. The van der Waals surface area contributed by atoms with Crippen molar-refractivity contribution in [3.8, 4) is 0 Å². The standard InChI is InChI=1S/C21H25BrN2O7/c1-6-29-18(25)15-16(19(26)30-7-2)21(12-22,31-17(15)23-20(3,4)5)13-8-10-14(11-9-13)24(27)28/h8-11H,6-7,12H2,1-5H3.